The summed E-state index contributed by atoms with van der Waals surface area (Å²) in [5, 5.41) is 19.2. The lowest BCUT2D eigenvalue weighted by atomic mass is 9.98. The van der Waals surface area contributed by atoms with Crippen LogP contribution in [0.3, 0.4) is 0 Å². The van der Waals surface area contributed by atoms with E-state index in [-0.39, 0.29) is 23.7 Å². The lowest BCUT2D eigenvalue weighted by molar-refractivity contribution is -0.117. The fourth-order valence-electron chi connectivity index (χ4n) is 3.99. The molecule has 1 heterocycles. The van der Waals surface area contributed by atoms with Gasteiger partial charge in [0.2, 0.25) is 5.91 Å². The first-order chi connectivity index (χ1) is 13.1. The quantitative estimate of drug-likeness (QED) is 0.888. The maximum Gasteiger partial charge on any atom is 0.227 e. The van der Waals surface area contributed by atoms with Crippen LogP contribution in [0.2, 0.25) is 0 Å². The molecule has 0 bridgehead atoms. The van der Waals surface area contributed by atoms with Crippen LogP contribution < -0.4 is 9.64 Å². The molecule has 27 heavy (non-hydrogen) atoms. The summed E-state index contributed by atoms with van der Waals surface area (Å²) < 4.78 is 5.99. The van der Waals surface area contributed by atoms with Gasteiger partial charge in [-0.1, -0.05) is 12.1 Å². The second-order valence-electron chi connectivity index (χ2n) is 7.32. The molecule has 1 amide bonds. The predicted octanol–water partition coefficient (Wildman–Crippen LogP) is 4.11. The predicted molar refractivity (Wildman–Crippen MR) is 102 cm³/mol. The molecule has 0 spiro atoms. The van der Waals surface area contributed by atoms with Gasteiger partial charge in [-0.25, -0.2) is 0 Å². The standard InChI is InChI=1S/C22H22N2O3/c23-13-15-4-3-5-18(10-15)24-14-17(12-22(24)26)16-8-9-20(25)21(11-16)27-19-6-1-2-7-19/h3-5,8-11,17,19,25H,1-2,6-7,12,14H2/t17-/m1/s1. The first kappa shape index (κ1) is 17.4. The molecule has 0 aromatic heterocycles. The molecule has 5 nitrogen and oxygen atoms in total. The van der Waals surface area contributed by atoms with Gasteiger partial charge in [-0.15, -0.1) is 0 Å². The molecule has 0 unspecified atom stereocenters. The summed E-state index contributed by atoms with van der Waals surface area (Å²) in [6.45, 7) is 0.557. The summed E-state index contributed by atoms with van der Waals surface area (Å²) in [5.41, 5.74) is 2.29. The zero-order valence-corrected chi connectivity index (χ0v) is 15.1. The van der Waals surface area contributed by atoms with E-state index in [1.807, 2.05) is 18.2 Å². The Bertz CT molecular complexity index is 897. The Labute approximate surface area is 158 Å². The minimum Gasteiger partial charge on any atom is -0.504 e. The van der Waals surface area contributed by atoms with Crippen molar-refractivity contribution in [1.82, 2.24) is 0 Å². The van der Waals surface area contributed by atoms with Gasteiger partial charge in [-0.3, -0.25) is 4.79 Å². The molecule has 2 aliphatic rings. The van der Waals surface area contributed by atoms with Gasteiger partial charge in [0.05, 0.1) is 17.7 Å². The molecule has 5 heteroatoms. The normalized spacial score (nSPS) is 20.0. The van der Waals surface area contributed by atoms with E-state index in [9.17, 15) is 9.90 Å². The number of nitriles is 1. The third-order valence-electron chi connectivity index (χ3n) is 5.46. The Morgan fingerprint density at radius 1 is 1.15 bits per heavy atom. The number of carbonyl (C=O) groups excluding carboxylic acids is 1. The number of amides is 1. The topological polar surface area (TPSA) is 73.6 Å². The van der Waals surface area contributed by atoms with Crippen molar-refractivity contribution < 1.29 is 14.6 Å². The van der Waals surface area contributed by atoms with Crippen LogP contribution in [0.5, 0.6) is 11.5 Å². The second kappa shape index (κ2) is 7.32. The Balaban J connectivity index is 1.54. The summed E-state index contributed by atoms with van der Waals surface area (Å²) >= 11 is 0. The van der Waals surface area contributed by atoms with Gasteiger partial charge >= 0.3 is 0 Å². The van der Waals surface area contributed by atoms with E-state index >= 15 is 0 Å². The van der Waals surface area contributed by atoms with Crippen molar-refractivity contribution >= 4 is 11.6 Å². The van der Waals surface area contributed by atoms with E-state index in [1.54, 1.807) is 29.2 Å². The molecule has 1 N–H and O–H groups in total. The highest BCUT2D eigenvalue weighted by molar-refractivity contribution is 5.96. The molecular weight excluding hydrogens is 340 g/mol. The minimum absolute atomic E-state index is 0.0368. The fraction of sp³-hybridized carbons (Fsp3) is 0.364. The van der Waals surface area contributed by atoms with Crippen LogP contribution in [0, 0.1) is 11.3 Å². The van der Waals surface area contributed by atoms with Crippen molar-refractivity contribution in [3.63, 3.8) is 0 Å². The van der Waals surface area contributed by atoms with E-state index in [0.29, 0.717) is 24.3 Å². The summed E-state index contributed by atoms with van der Waals surface area (Å²) in [5.74, 6) is 0.738. The molecule has 2 aromatic rings. The van der Waals surface area contributed by atoms with E-state index in [1.165, 1.54) is 12.8 Å². The van der Waals surface area contributed by atoms with Crippen LogP contribution in [-0.4, -0.2) is 23.7 Å². The third-order valence-corrected chi connectivity index (χ3v) is 5.46. The lowest BCUT2D eigenvalue weighted by Crippen LogP contribution is -2.24. The van der Waals surface area contributed by atoms with Gasteiger partial charge in [0, 0.05) is 24.6 Å². The molecule has 1 saturated carbocycles. The van der Waals surface area contributed by atoms with Crippen LogP contribution in [0.25, 0.3) is 0 Å². The Morgan fingerprint density at radius 3 is 2.74 bits per heavy atom. The largest absolute Gasteiger partial charge is 0.504 e. The molecule has 1 aliphatic heterocycles. The van der Waals surface area contributed by atoms with Gasteiger partial charge in [-0.05, 0) is 61.6 Å². The van der Waals surface area contributed by atoms with Gasteiger partial charge in [-0.2, -0.15) is 5.26 Å². The molecule has 138 valence electrons. The number of benzene rings is 2. The monoisotopic (exact) mass is 362 g/mol. The molecule has 0 radical (unpaired) electrons. The highest BCUT2D eigenvalue weighted by Gasteiger charge is 2.32. The minimum atomic E-state index is 0.0368. The molecule has 4 rings (SSSR count). The van der Waals surface area contributed by atoms with Crippen molar-refractivity contribution in [3.8, 4) is 17.6 Å². The lowest BCUT2D eigenvalue weighted by Gasteiger charge is -2.18. The van der Waals surface area contributed by atoms with Crippen LogP contribution in [0.15, 0.2) is 42.5 Å². The number of rotatable bonds is 4. The van der Waals surface area contributed by atoms with Gasteiger partial charge in [0.25, 0.3) is 0 Å². The van der Waals surface area contributed by atoms with Crippen molar-refractivity contribution in [1.29, 1.82) is 5.26 Å². The molecule has 2 fully saturated rings. The first-order valence-corrected chi connectivity index (χ1v) is 9.44. The second-order valence-corrected chi connectivity index (χ2v) is 7.32. The number of phenolic OH excluding ortho intramolecular Hbond substituents is 1. The highest BCUT2D eigenvalue weighted by atomic mass is 16.5. The summed E-state index contributed by atoms with van der Waals surface area (Å²) in [6, 6.07) is 14.6. The SMILES string of the molecule is N#Cc1cccc(N2C[C@H](c3ccc(O)c(OC4CCCC4)c3)CC2=O)c1. The first-order valence-electron chi connectivity index (χ1n) is 9.44. The highest BCUT2D eigenvalue weighted by Crippen LogP contribution is 2.37. The number of hydrogen-bond donors (Lipinski definition) is 1. The van der Waals surface area contributed by atoms with Crippen LogP contribution >= 0.6 is 0 Å². The number of hydrogen-bond acceptors (Lipinski definition) is 4. The van der Waals surface area contributed by atoms with Crippen LogP contribution in [0.1, 0.15) is 49.1 Å². The zero-order valence-electron chi connectivity index (χ0n) is 15.1. The van der Waals surface area contributed by atoms with Crippen LogP contribution in [0.4, 0.5) is 5.69 Å². The molecule has 1 aliphatic carbocycles. The molecule has 2 aromatic carbocycles. The number of aromatic hydroxyl groups is 1. The van der Waals surface area contributed by atoms with Crippen LogP contribution in [-0.2, 0) is 4.79 Å². The van der Waals surface area contributed by atoms with Gasteiger partial charge in [0.1, 0.15) is 0 Å². The van der Waals surface area contributed by atoms with Crippen molar-refractivity contribution in [2.24, 2.45) is 0 Å². The number of ether oxygens (including phenoxy) is 1. The third kappa shape index (κ3) is 3.61. The maximum atomic E-state index is 12.6. The molecule has 1 atom stereocenters. The number of phenols is 1. The molecule has 1 saturated heterocycles. The average molecular weight is 362 g/mol. The van der Waals surface area contributed by atoms with Crippen molar-refractivity contribution in [3.05, 3.63) is 53.6 Å². The molecular formula is C22H22N2O3. The zero-order chi connectivity index (χ0) is 18.8. The Morgan fingerprint density at radius 2 is 1.96 bits per heavy atom. The fourth-order valence-corrected chi connectivity index (χ4v) is 3.99. The van der Waals surface area contributed by atoms with Crippen molar-refractivity contribution in [2.45, 2.75) is 44.1 Å². The van der Waals surface area contributed by atoms with Crippen molar-refractivity contribution in [2.75, 3.05) is 11.4 Å². The Hall–Kier alpha value is -3.00. The summed E-state index contributed by atoms with van der Waals surface area (Å²) in [4.78, 5) is 14.3. The van der Waals surface area contributed by atoms with Gasteiger partial charge < -0.3 is 14.7 Å². The Kier molecular flexibility index (Phi) is 4.72. The van der Waals surface area contributed by atoms with E-state index in [0.717, 1.165) is 24.1 Å². The van der Waals surface area contributed by atoms with Gasteiger partial charge in [0.15, 0.2) is 11.5 Å². The number of anilines is 1. The number of nitrogens with zero attached hydrogens (tertiary/aromatic N) is 2. The van der Waals surface area contributed by atoms with E-state index < -0.39 is 0 Å². The maximum absolute atomic E-state index is 12.6. The van der Waals surface area contributed by atoms with E-state index in [2.05, 4.69) is 6.07 Å². The summed E-state index contributed by atoms with van der Waals surface area (Å²) in [6.07, 6.45) is 4.95. The smallest absolute Gasteiger partial charge is 0.227 e. The summed E-state index contributed by atoms with van der Waals surface area (Å²) in [7, 11) is 0. The average Bonchev–Trinajstić information content (AvgIpc) is 3.33. The number of carbonyl (C=O) groups is 1. The van der Waals surface area contributed by atoms with E-state index in [4.69, 9.17) is 10.00 Å².